The molecule has 0 spiro atoms. The van der Waals surface area contributed by atoms with E-state index in [0.29, 0.717) is 26.7 Å². The lowest BCUT2D eigenvalue weighted by Gasteiger charge is -2.08. The van der Waals surface area contributed by atoms with Gasteiger partial charge in [-0.3, -0.25) is 4.79 Å². The summed E-state index contributed by atoms with van der Waals surface area (Å²) in [4.78, 5) is 16.0. The average Bonchev–Trinajstić information content (AvgIpc) is 2.40. The van der Waals surface area contributed by atoms with Crippen molar-refractivity contribution in [2.24, 2.45) is 0 Å². The number of aromatic nitrogens is 3. The van der Waals surface area contributed by atoms with Crippen molar-refractivity contribution in [3.8, 4) is 11.1 Å². The molecule has 0 radical (unpaired) electrons. The fourth-order valence-corrected chi connectivity index (χ4v) is 2.55. The van der Waals surface area contributed by atoms with E-state index in [1.807, 2.05) is 19.1 Å². The molecular weight excluding hydrogens is 297 g/mol. The number of aryl methyl sites for hydroxylation is 1. The first-order valence-electron chi connectivity index (χ1n) is 5.87. The van der Waals surface area contributed by atoms with Gasteiger partial charge in [0.15, 0.2) is 0 Å². The van der Waals surface area contributed by atoms with E-state index in [1.54, 1.807) is 22.7 Å². The molecule has 0 bridgehead atoms. The van der Waals surface area contributed by atoms with Crippen molar-refractivity contribution >= 4 is 28.7 Å². The zero-order valence-corrected chi connectivity index (χ0v) is 12.0. The Morgan fingerprint density at radius 3 is 2.70 bits per heavy atom. The van der Waals surface area contributed by atoms with Gasteiger partial charge in [-0.05, 0) is 31.2 Å². The molecule has 0 aliphatic heterocycles. The zero-order chi connectivity index (χ0) is 14.3. The van der Waals surface area contributed by atoms with E-state index in [4.69, 9.17) is 23.2 Å². The van der Waals surface area contributed by atoms with E-state index in [-0.39, 0.29) is 5.56 Å². The van der Waals surface area contributed by atoms with Gasteiger partial charge in [-0.15, -0.1) is 0 Å². The van der Waals surface area contributed by atoms with Crippen molar-refractivity contribution in [2.75, 3.05) is 0 Å². The first-order valence-corrected chi connectivity index (χ1v) is 6.62. The van der Waals surface area contributed by atoms with Crippen LogP contribution in [-0.4, -0.2) is 14.6 Å². The van der Waals surface area contributed by atoms with Crippen LogP contribution < -0.4 is 5.56 Å². The van der Waals surface area contributed by atoms with Crippen molar-refractivity contribution in [1.29, 1.82) is 0 Å². The Labute approximate surface area is 124 Å². The molecule has 0 N–H and O–H groups in total. The van der Waals surface area contributed by atoms with Crippen LogP contribution >= 0.6 is 23.2 Å². The van der Waals surface area contributed by atoms with Crippen LogP contribution in [0.15, 0.2) is 41.5 Å². The van der Waals surface area contributed by atoms with Crippen molar-refractivity contribution in [2.45, 2.75) is 6.92 Å². The van der Waals surface area contributed by atoms with Crippen LogP contribution in [-0.2, 0) is 0 Å². The molecule has 0 fully saturated rings. The van der Waals surface area contributed by atoms with Gasteiger partial charge in [0.25, 0.3) is 5.56 Å². The fourth-order valence-electron chi connectivity index (χ4n) is 2.05. The number of benzene rings is 1. The smallest absolute Gasteiger partial charge is 0.267 e. The molecule has 20 heavy (non-hydrogen) atoms. The molecule has 0 amide bonds. The lowest BCUT2D eigenvalue weighted by molar-refractivity contribution is 0.858. The third kappa shape index (κ3) is 2.17. The van der Waals surface area contributed by atoms with Crippen LogP contribution in [0.3, 0.4) is 0 Å². The number of hydrogen-bond acceptors (Lipinski definition) is 3. The highest BCUT2D eigenvalue weighted by Crippen LogP contribution is 2.30. The molecule has 0 saturated heterocycles. The van der Waals surface area contributed by atoms with E-state index >= 15 is 0 Å². The second-order valence-electron chi connectivity index (χ2n) is 4.35. The summed E-state index contributed by atoms with van der Waals surface area (Å²) >= 11 is 12.1. The summed E-state index contributed by atoms with van der Waals surface area (Å²) in [5.41, 5.74) is 2.15. The van der Waals surface area contributed by atoms with Crippen molar-refractivity contribution < 1.29 is 0 Å². The van der Waals surface area contributed by atoms with Gasteiger partial charge in [0, 0.05) is 10.6 Å². The van der Waals surface area contributed by atoms with E-state index in [2.05, 4.69) is 10.1 Å². The molecule has 1 aromatic carbocycles. The Bertz CT molecular complexity index is 874. The second kappa shape index (κ2) is 4.89. The van der Waals surface area contributed by atoms with Crippen LogP contribution in [0.2, 0.25) is 10.0 Å². The molecule has 3 aromatic rings. The summed E-state index contributed by atoms with van der Waals surface area (Å²) in [7, 11) is 0. The van der Waals surface area contributed by atoms with Crippen LogP contribution in [0.25, 0.3) is 16.6 Å². The number of hydrogen-bond donors (Lipinski definition) is 0. The largest absolute Gasteiger partial charge is 0.281 e. The Balaban J connectivity index is 2.40. The SMILES string of the molecule is Cc1ccc2c(-c3ccc(Cl)cc3Cl)c(=O)ncn2n1. The first kappa shape index (κ1) is 13.1. The third-order valence-electron chi connectivity index (χ3n) is 2.95. The van der Waals surface area contributed by atoms with Gasteiger partial charge < -0.3 is 0 Å². The topological polar surface area (TPSA) is 47.3 Å². The number of rotatable bonds is 1. The van der Waals surface area contributed by atoms with E-state index in [1.165, 1.54) is 6.33 Å². The predicted octanol–water partition coefficient (Wildman–Crippen LogP) is 3.37. The van der Waals surface area contributed by atoms with Crippen molar-refractivity contribution in [3.05, 3.63) is 62.8 Å². The lowest BCUT2D eigenvalue weighted by atomic mass is 10.1. The molecule has 0 atom stereocenters. The quantitative estimate of drug-likeness (QED) is 0.692. The van der Waals surface area contributed by atoms with Gasteiger partial charge in [0.2, 0.25) is 0 Å². The fraction of sp³-hybridized carbons (Fsp3) is 0.0714. The minimum Gasteiger partial charge on any atom is -0.267 e. The van der Waals surface area contributed by atoms with Gasteiger partial charge in [0.05, 0.1) is 21.8 Å². The van der Waals surface area contributed by atoms with E-state index in [0.717, 1.165) is 5.69 Å². The Kier molecular flexibility index (Phi) is 3.20. The monoisotopic (exact) mass is 305 g/mol. The van der Waals surface area contributed by atoms with Crippen LogP contribution in [0.5, 0.6) is 0 Å². The van der Waals surface area contributed by atoms with Crippen LogP contribution in [0.4, 0.5) is 0 Å². The minimum absolute atomic E-state index is 0.347. The number of nitrogens with zero attached hydrogens (tertiary/aromatic N) is 3. The van der Waals surface area contributed by atoms with E-state index in [9.17, 15) is 4.79 Å². The molecule has 4 nitrogen and oxygen atoms in total. The van der Waals surface area contributed by atoms with Gasteiger partial charge in [-0.2, -0.15) is 10.1 Å². The number of fused-ring (bicyclic) bond motifs is 1. The summed E-state index contributed by atoms with van der Waals surface area (Å²) in [6.07, 6.45) is 1.40. The Morgan fingerprint density at radius 2 is 1.95 bits per heavy atom. The van der Waals surface area contributed by atoms with Crippen LogP contribution in [0.1, 0.15) is 5.69 Å². The molecule has 0 saturated carbocycles. The first-order chi connectivity index (χ1) is 9.56. The number of halogens is 2. The third-order valence-corrected chi connectivity index (χ3v) is 3.50. The Morgan fingerprint density at radius 1 is 1.15 bits per heavy atom. The Hall–Kier alpha value is -1.91. The lowest BCUT2D eigenvalue weighted by Crippen LogP contribution is -2.13. The van der Waals surface area contributed by atoms with E-state index < -0.39 is 0 Å². The van der Waals surface area contributed by atoms with Gasteiger partial charge >= 0.3 is 0 Å². The second-order valence-corrected chi connectivity index (χ2v) is 5.20. The standard InChI is InChI=1S/C14H9Cl2N3O/c1-8-2-5-12-13(14(20)17-7-19(12)18-8)10-4-3-9(15)6-11(10)16/h2-7H,1H3. The maximum Gasteiger partial charge on any atom is 0.281 e. The molecule has 0 unspecified atom stereocenters. The normalized spacial score (nSPS) is 10.9. The predicted molar refractivity (Wildman–Crippen MR) is 79.5 cm³/mol. The minimum atomic E-state index is -0.347. The molecular formula is C14H9Cl2N3O. The molecule has 100 valence electrons. The summed E-state index contributed by atoms with van der Waals surface area (Å²) in [5.74, 6) is 0. The summed E-state index contributed by atoms with van der Waals surface area (Å²) in [6, 6.07) is 8.66. The summed E-state index contributed by atoms with van der Waals surface area (Å²) < 4.78 is 1.57. The molecule has 2 aromatic heterocycles. The molecule has 0 aliphatic rings. The average molecular weight is 306 g/mol. The highest BCUT2D eigenvalue weighted by Gasteiger charge is 2.13. The van der Waals surface area contributed by atoms with Crippen molar-refractivity contribution in [3.63, 3.8) is 0 Å². The van der Waals surface area contributed by atoms with Gasteiger partial charge in [-0.1, -0.05) is 29.3 Å². The maximum absolute atomic E-state index is 12.1. The molecule has 0 aliphatic carbocycles. The molecule has 2 heterocycles. The molecule has 3 rings (SSSR count). The summed E-state index contributed by atoms with van der Waals surface area (Å²) in [6.45, 7) is 1.87. The van der Waals surface area contributed by atoms with Crippen molar-refractivity contribution in [1.82, 2.24) is 14.6 Å². The van der Waals surface area contributed by atoms with Crippen LogP contribution in [0, 0.1) is 6.92 Å². The molecule has 6 heteroatoms. The highest BCUT2D eigenvalue weighted by molar-refractivity contribution is 6.36. The zero-order valence-electron chi connectivity index (χ0n) is 10.5. The maximum atomic E-state index is 12.1. The summed E-state index contributed by atoms with van der Waals surface area (Å²) in [5, 5.41) is 5.22. The highest BCUT2D eigenvalue weighted by atomic mass is 35.5. The van der Waals surface area contributed by atoms with Gasteiger partial charge in [-0.25, -0.2) is 4.52 Å². The van der Waals surface area contributed by atoms with Gasteiger partial charge in [0.1, 0.15) is 6.33 Å².